The number of thiazole rings is 1. The van der Waals surface area contributed by atoms with Gasteiger partial charge in [-0.1, -0.05) is 0 Å². The number of aromatic nitrogens is 2. The van der Waals surface area contributed by atoms with Crippen LogP contribution in [0.3, 0.4) is 0 Å². The number of thioether (sulfide) groups is 1. The van der Waals surface area contributed by atoms with E-state index in [1.165, 1.54) is 34.3 Å². The first-order chi connectivity index (χ1) is 22.4. The highest BCUT2D eigenvalue weighted by Gasteiger charge is 2.54. The molecular weight excluding hydrogens is 649 g/mol. The second-order valence-corrected chi connectivity index (χ2v) is 14.0. The molecule has 0 aliphatic carbocycles. The van der Waals surface area contributed by atoms with Crippen LogP contribution < -0.4 is 21.8 Å². The fourth-order valence-electron chi connectivity index (χ4n) is 6.69. The average Bonchev–Trinajstić information content (AvgIpc) is 3.70. The van der Waals surface area contributed by atoms with Gasteiger partial charge in [0.05, 0.1) is 43.3 Å². The Labute approximate surface area is 276 Å². The van der Waals surface area contributed by atoms with Crippen LogP contribution in [0, 0.1) is 5.41 Å². The number of carboxylic acid groups (broad SMARTS) is 1. The maximum absolute atomic E-state index is 13.1. The number of aliphatic hydroxyl groups is 1. The monoisotopic (exact) mass is 683 g/mol. The molecule has 2 aromatic heterocycles. The molecule has 3 aromatic rings. The number of likely N-dealkylation sites (tertiary alicyclic amines) is 1. The molecule has 3 aliphatic rings. The van der Waals surface area contributed by atoms with Gasteiger partial charge in [-0.15, -0.1) is 23.1 Å². The second-order valence-electron chi connectivity index (χ2n) is 12.0. The Morgan fingerprint density at radius 3 is 2.66 bits per heavy atom. The Bertz CT molecular complexity index is 1880. The number of aryl methyl sites for hydroxylation is 1. The number of anilines is 1. The largest absolute Gasteiger partial charge is 0.503 e. The number of hydrogen-bond donors (Lipinski definition) is 7. The number of rotatable bonds is 10. The SMILES string of the molecule is Cn1cc(O)c(=O)c2cc(C(=O)NCC[N+]3(CC4=C(C(=O)O)N5C(O)C(NC(=O)C(=N)c6csc(N)n6)C5SC4)CCCC3)ccc21. The van der Waals surface area contributed by atoms with Gasteiger partial charge in [0.25, 0.3) is 11.8 Å². The zero-order valence-electron chi connectivity index (χ0n) is 25.4. The van der Waals surface area contributed by atoms with Crippen molar-refractivity contribution >= 4 is 62.6 Å². The van der Waals surface area contributed by atoms with Gasteiger partial charge < -0.3 is 45.6 Å². The van der Waals surface area contributed by atoms with Gasteiger partial charge in [0.2, 0.25) is 5.43 Å². The number of pyridine rings is 1. The third-order valence-electron chi connectivity index (χ3n) is 9.06. The van der Waals surface area contributed by atoms with E-state index in [4.69, 9.17) is 11.1 Å². The zero-order chi connectivity index (χ0) is 33.6. The summed E-state index contributed by atoms with van der Waals surface area (Å²) in [7, 11) is 1.70. The number of aliphatic carboxylic acids is 1. The number of nitrogens with zero attached hydrogens (tertiary/aromatic N) is 4. The minimum absolute atomic E-state index is 0.0172. The summed E-state index contributed by atoms with van der Waals surface area (Å²) in [4.78, 5) is 56.2. The molecule has 0 saturated carbocycles. The molecule has 6 rings (SSSR count). The lowest BCUT2D eigenvalue weighted by Crippen LogP contribution is -2.73. The highest BCUT2D eigenvalue weighted by molar-refractivity contribution is 8.00. The van der Waals surface area contributed by atoms with E-state index in [1.807, 2.05) is 0 Å². The van der Waals surface area contributed by atoms with Crippen molar-refractivity contribution in [1.29, 1.82) is 5.41 Å². The third-order valence-corrected chi connectivity index (χ3v) is 11.1. The lowest BCUT2D eigenvalue weighted by Gasteiger charge is -2.55. The summed E-state index contributed by atoms with van der Waals surface area (Å²) in [5.74, 6) is -2.28. The minimum atomic E-state index is -1.29. The van der Waals surface area contributed by atoms with Crippen LogP contribution >= 0.6 is 23.1 Å². The van der Waals surface area contributed by atoms with Crippen LogP contribution in [-0.2, 0) is 16.6 Å². The molecule has 15 nitrogen and oxygen atoms in total. The van der Waals surface area contributed by atoms with Crippen molar-refractivity contribution in [1.82, 2.24) is 25.1 Å². The number of fused-ring (bicyclic) bond motifs is 2. The summed E-state index contributed by atoms with van der Waals surface area (Å²) in [5, 5.41) is 46.3. The summed E-state index contributed by atoms with van der Waals surface area (Å²) >= 11 is 2.52. The Morgan fingerprint density at radius 1 is 1.23 bits per heavy atom. The van der Waals surface area contributed by atoms with E-state index in [1.54, 1.807) is 23.7 Å². The van der Waals surface area contributed by atoms with E-state index >= 15 is 0 Å². The highest BCUT2D eigenvalue weighted by Crippen LogP contribution is 2.43. The van der Waals surface area contributed by atoms with Crippen molar-refractivity contribution in [3.05, 3.63) is 62.5 Å². The molecule has 2 fully saturated rings. The molecular formula is C30H35N8O7S2+. The predicted molar refractivity (Wildman–Crippen MR) is 176 cm³/mol. The van der Waals surface area contributed by atoms with Gasteiger partial charge in [-0.05, 0) is 18.2 Å². The van der Waals surface area contributed by atoms with Crippen molar-refractivity contribution in [3.63, 3.8) is 0 Å². The fourth-order valence-corrected chi connectivity index (χ4v) is 8.65. The summed E-state index contributed by atoms with van der Waals surface area (Å²) in [6.07, 6.45) is 1.94. The highest BCUT2D eigenvalue weighted by atomic mass is 32.2. The Kier molecular flexibility index (Phi) is 8.73. The normalized spacial score (nSPS) is 21.7. The molecule has 248 valence electrons. The molecule has 2 amide bonds. The summed E-state index contributed by atoms with van der Waals surface area (Å²) in [6.45, 7) is 2.90. The van der Waals surface area contributed by atoms with Crippen molar-refractivity contribution in [2.45, 2.75) is 30.5 Å². The first kappa shape index (κ1) is 32.5. The molecule has 0 radical (unpaired) electrons. The smallest absolute Gasteiger partial charge is 0.352 e. The van der Waals surface area contributed by atoms with E-state index in [2.05, 4.69) is 15.6 Å². The maximum atomic E-state index is 13.1. The van der Waals surface area contributed by atoms with Gasteiger partial charge in [-0.3, -0.25) is 19.8 Å². The first-order valence-electron chi connectivity index (χ1n) is 15.0. The van der Waals surface area contributed by atoms with Crippen molar-refractivity contribution in [3.8, 4) is 5.75 Å². The van der Waals surface area contributed by atoms with E-state index < -0.39 is 46.4 Å². The van der Waals surface area contributed by atoms with Crippen LogP contribution in [0.2, 0.25) is 0 Å². The van der Waals surface area contributed by atoms with Crippen LogP contribution in [-0.4, -0.2) is 114 Å². The van der Waals surface area contributed by atoms with Crippen molar-refractivity contribution in [2.24, 2.45) is 7.05 Å². The molecule has 0 spiro atoms. The van der Waals surface area contributed by atoms with Gasteiger partial charge in [0.15, 0.2) is 17.1 Å². The van der Waals surface area contributed by atoms with Crippen LogP contribution in [0.15, 0.2) is 45.8 Å². The third kappa shape index (κ3) is 6.06. The van der Waals surface area contributed by atoms with Crippen molar-refractivity contribution < 1.29 is 34.2 Å². The van der Waals surface area contributed by atoms with E-state index in [0.29, 0.717) is 41.0 Å². The average molecular weight is 684 g/mol. The quantitative estimate of drug-likeness (QED) is 0.113. The van der Waals surface area contributed by atoms with Gasteiger partial charge >= 0.3 is 5.97 Å². The van der Waals surface area contributed by atoms with Crippen LogP contribution in [0.4, 0.5) is 5.13 Å². The predicted octanol–water partition coefficient (Wildman–Crippen LogP) is 0.222. The van der Waals surface area contributed by atoms with E-state index in [9.17, 15) is 34.5 Å². The lowest BCUT2D eigenvalue weighted by atomic mass is 10.0. The minimum Gasteiger partial charge on any atom is -0.503 e. The Balaban J connectivity index is 1.13. The molecule has 5 heterocycles. The number of nitrogens with two attached hydrogens (primary N) is 1. The van der Waals surface area contributed by atoms with Gasteiger partial charge in [-0.25, -0.2) is 9.78 Å². The van der Waals surface area contributed by atoms with Gasteiger partial charge in [0, 0.05) is 42.2 Å². The van der Waals surface area contributed by atoms with Crippen LogP contribution in [0.1, 0.15) is 28.9 Å². The van der Waals surface area contributed by atoms with Crippen LogP contribution in [0.5, 0.6) is 5.75 Å². The number of quaternary nitrogens is 1. The molecule has 17 heteroatoms. The number of nitrogens with one attached hydrogen (secondary N) is 3. The number of amides is 2. The van der Waals surface area contributed by atoms with E-state index in [0.717, 1.165) is 37.3 Å². The number of carbonyl (C=O) groups is 3. The summed E-state index contributed by atoms with van der Waals surface area (Å²) in [6, 6.07) is 3.97. The van der Waals surface area contributed by atoms with Gasteiger partial charge in [0.1, 0.15) is 35.1 Å². The molecule has 3 atom stereocenters. The molecule has 1 aromatic carbocycles. The zero-order valence-corrected chi connectivity index (χ0v) is 27.1. The molecule has 0 bridgehead atoms. The Morgan fingerprint density at radius 2 is 1.98 bits per heavy atom. The summed E-state index contributed by atoms with van der Waals surface area (Å²) in [5.41, 5.74) is 6.36. The summed E-state index contributed by atoms with van der Waals surface area (Å²) < 4.78 is 2.19. The lowest BCUT2D eigenvalue weighted by molar-refractivity contribution is -0.911. The maximum Gasteiger partial charge on any atom is 0.352 e. The molecule has 3 unspecified atom stereocenters. The molecule has 47 heavy (non-hydrogen) atoms. The molecule has 8 N–H and O–H groups in total. The number of nitrogen functional groups attached to an aromatic ring is 1. The standard InChI is InChI=1S/C30H34N8O7S2/c1-36-11-20(39)24(40)17-10-15(4-5-19(17)36)25(41)33-6-9-38(7-2-3-8-38)12-16-13-46-28-22(27(43)37(28)23(16)29(44)45)35-26(42)21(31)18-14-47-30(32)34-18/h4-5,10-11,14,22,27-28,31,43H,2-3,6-9,12-13H2,1H3,(H5-,32,33,34,35,39,41,42,44,45)/p+1. The number of aliphatic hydroxyl groups excluding tert-OH is 1. The second kappa shape index (κ2) is 12.6. The van der Waals surface area contributed by atoms with Gasteiger partial charge in [-0.2, -0.15) is 0 Å². The number of carboxylic acids is 1. The molecule has 2 saturated heterocycles. The van der Waals surface area contributed by atoms with E-state index in [-0.39, 0.29) is 33.4 Å². The van der Waals surface area contributed by atoms with Crippen LogP contribution in [0.25, 0.3) is 10.9 Å². The molecule has 3 aliphatic heterocycles. The fraction of sp³-hybridized carbons (Fsp3) is 0.400. The topological polar surface area (TPSA) is 224 Å². The first-order valence-corrected chi connectivity index (χ1v) is 16.9. The Hall–Kier alpha value is -4.45. The number of benzene rings is 1. The number of hydrogen-bond acceptors (Lipinski definition) is 12. The van der Waals surface area contributed by atoms with Crippen molar-refractivity contribution in [2.75, 3.05) is 44.2 Å². The number of aromatic hydroxyl groups is 1. The number of carbonyl (C=O) groups excluding carboxylic acids is 2.